The first-order valence-corrected chi connectivity index (χ1v) is 6.72. The zero-order chi connectivity index (χ0) is 15.5. The Morgan fingerprint density at radius 2 is 1.82 bits per heavy atom. The number of hydrogen-bond acceptors (Lipinski definition) is 3. The van der Waals surface area contributed by atoms with E-state index in [0.717, 1.165) is 11.3 Å². The first-order chi connectivity index (χ1) is 10.7. The van der Waals surface area contributed by atoms with Crippen LogP contribution in [0.5, 0.6) is 5.75 Å². The van der Waals surface area contributed by atoms with Crippen molar-refractivity contribution in [2.24, 2.45) is 0 Å². The van der Waals surface area contributed by atoms with E-state index < -0.39 is 5.97 Å². The second-order valence-corrected chi connectivity index (χ2v) is 4.75. The van der Waals surface area contributed by atoms with Crippen LogP contribution in [-0.4, -0.2) is 13.1 Å². The minimum atomic E-state index is -0.492. The van der Waals surface area contributed by atoms with Crippen molar-refractivity contribution in [3.8, 4) is 5.75 Å². The van der Waals surface area contributed by atoms with Crippen LogP contribution in [0.4, 0.5) is 4.39 Å². The van der Waals surface area contributed by atoms with Gasteiger partial charge in [0, 0.05) is 11.1 Å². The van der Waals surface area contributed by atoms with Crippen LogP contribution in [0, 0.1) is 5.82 Å². The summed E-state index contributed by atoms with van der Waals surface area (Å²) in [7, 11) is 1.58. The number of halogens is 1. The average molecular weight is 296 g/mol. The van der Waals surface area contributed by atoms with Gasteiger partial charge in [-0.2, -0.15) is 0 Å². The molecule has 1 heterocycles. The average Bonchev–Trinajstić information content (AvgIpc) is 2.91. The topological polar surface area (TPSA) is 35.5 Å². The second-order valence-electron chi connectivity index (χ2n) is 4.75. The SMILES string of the molecule is COc1ccc(C2=C/C(=C/c3ccccc3F)C(=O)O2)cc1. The van der Waals surface area contributed by atoms with E-state index in [0.29, 0.717) is 16.9 Å². The van der Waals surface area contributed by atoms with Gasteiger partial charge >= 0.3 is 5.97 Å². The Labute approximate surface area is 127 Å². The van der Waals surface area contributed by atoms with Crippen LogP contribution in [0.15, 0.2) is 60.2 Å². The van der Waals surface area contributed by atoms with Gasteiger partial charge in [0.1, 0.15) is 17.3 Å². The highest BCUT2D eigenvalue weighted by Gasteiger charge is 2.22. The molecule has 0 atom stereocenters. The summed E-state index contributed by atoms with van der Waals surface area (Å²) >= 11 is 0. The first-order valence-electron chi connectivity index (χ1n) is 6.72. The molecule has 4 heteroatoms. The van der Waals surface area contributed by atoms with Crippen molar-refractivity contribution in [3.63, 3.8) is 0 Å². The molecule has 0 aromatic heterocycles. The Balaban J connectivity index is 1.92. The Bertz CT molecular complexity index is 773. The lowest BCUT2D eigenvalue weighted by Gasteiger charge is -2.03. The number of methoxy groups -OCH3 is 1. The Hall–Kier alpha value is -2.88. The summed E-state index contributed by atoms with van der Waals surface area (Å²) in [6.45, 7) is 0. The Morgan fingerprint density at radius 1 is 1.09 bits per heavy atom. The van der Waals surface area contributed by atoms with E-state index in [2.05, 4.69) is 0 Å². The molecule has 0 unspecified atom stereocenters. The summed E-state index contributed by atoms with van der Waals surface area (Å²) in [5.41, 5.74) is 1.42. The van der Waals surface area contributed by atoms with Crippen molar-refractivity contribution < 1.29 is 18.7 Å². The van der Waals surface area contributed by atoms with Gasteiger partial charge < -0.3 is 9.47 Å². The fraction of sp³-hybridized carbons (Fsp3) is 0.0556. The molecule has 0 bridgehead atoms. The van der Waals surface area contributed by atoms with Crippen LogP contribution < -0.4 is 4.74 Å². The zero-order valence-corrected chi connectivity index (χ0v) is 11.9. The lowest BCUT2D eigenvalue weighted by atomic mass is 10.1. The predicted octanol–water partition coefficient (Wildman–Crippen LogP) is 3.82. The lowest BCUT2D eigenvalue weighted by Crippen LogP contribution is -1.97. The highest BCUT2D eigenvalue weighted by Crippen LogP contribution is 2.28. The molecule has 0 saturated carbocycles. The van der Waals surface area contributed by atoms with Crippen LogP contribution in [-0.2, 0) is 9.53 Å². The number of carbonyl (C=O) groups is 1. The molecule has 3 nitrogen and oxygen atoms in total. The van der Waals surface area contributed by atoms with Gasteiger partial charge in [-0.25, -0.2) is 9.18 Å². The van der Waals surface area contributed by atoms with Gasteiger partial charge in [0.15, 0.2) is 0 Å². The molecule has 2 aromatic rings. The van der Waals surface area contributed by atoms with Crippen molar-refractivity contribution in [1.82, 2.24) is 0 Å². The third-order valence-corrected chi connectivity index (χ3v) is 3.32. The number of esters is 1. The van der Waals surface area contributed by atoms with E-state index in [1.807, 2.05) is 0 Å². The molecule has 0 radical (unpaired) electrons. The molecule has 110 valence electrons. The minimum Gasteiger partial charge on any atom is -0.497 e. The summed E-state index contributed by atoms with van der Waals surface area (Å²) in [6.07, 6.45) is 3.09. The highest BCUT2D eigenvalue weighted by atomic mass is 19.1. The summed E-state index contributed by atoms with van der Waals surface area (Å²) in [6, 6.07) is 13.4. The van der Waals surface area contributed by atoms with Crippen molar-refractivity contribution in [1.29, 1.82) is 0 Å². The third kappa shape index (κ3) is 2.76. The molecule has 1 aliphatic rings. The van der Waals surface area contributed by atoms with E-state index in [1.165, 1.54) is 12.1 Å². The number of benzene rings is 2. The van der Waals surface area contributed by atoms with Crippen LogP contribution in [0.2, 0.25) is 0 Å². The van der Waals surface area contributed by atoms with Gasteiger partial charge in [0.05, 0.1) is 12.7 Å². The number of carbonyl (C=O) groups excluding carboxylic acids is 1. The summed E-state index contributed by atoms with van der Waals surface area (Å²) in [5.74, 6) is 0.286. The molecule has 22 heavy (non-hydrogen) atoms. The largest absolute Gasteiger partial charge is 0.497 e. The van der Waals surface area contributed by atoms with Crippen LogP contribution >= 0.6 is 0 Å². The van der Waals surface area contributed by atoms with E-state index in [-0.39, 0.29) is 5.82 Å². The maximum Gasteiger partial charge on any atom is 0.343 e. The molecule has 1 aliphatic heterocycles. The quantitative estimate of drug-likeness (QED) is 0.638. The van der Waals surface area contributed by atoms with Gasteiger partial charge in [-0.3, -0.25) is 0 Å². The predicted molar refractivity (Wildman–Crippen MR) is 81.4 cm³/mol. The number of hydrogen-bond donors (Lipinski definition) is 0. The van der Waals surface area contributed by atoms with E-state index >= 15 is 0 Å². The monoisotopic (exact) mass is 296 g/mol. The third-order valence-electron chi connectivity index (χ3n) is 3.32. The van der Waals surface area contributed by atoms with Crippen LogP contribution in [0.1, 0.15) is 11.1 Å². The smallest absolute Gasteiger partial charge is 0.343 e. The van der Waals surface area contributed by atoms with Crippen molar-refractivity contribution >= 4 is 17.8 Å². The van der Waals surface area contributed by atoms with E-state index in [4.69, 9.17) is 9.47 Å². The minimum absolute atomic E-state index is 0.316. The Morgan fingerprint density at radius 3 is 2.50 bits per heavy atom. The molecule has 0 fully saturated rings. The van der Waals surface area contributed by atoms with Gasteiger partial charge in [-0.15, -0.1) is 0 Å². The normalized spacial score (nSPS) is 15.6. The summed E-state index contributed by atoms with van der Waals surface area (Å²) in [5, 5.41) is 0. The van der Waals surface area contributed by atoms with E-state index in [1.54, 1.807) is 55.7 Å². The maximum absolute atomic E-state index is 13.6. The molecule has 2 aromatic carbocycles. The first kappa shape index (κ1) is 14.1. The number of ether oxygens (including phenoxy) is 2. The lowest BCUT2D eigenvalue weighted by molar-refractivity contribution is -0.130. The highest BCUT2D eigenvalue weighted by molar-refractivity contribution is 6.05. The number of rotatable bonds is 3. The van der Waals surface area contributed by atoms with Crippen molar-refractivity contribution in [3.05, 3.63) is 77.1 Å². The van der Waals surface area contributed by atoms with Gasteiger partial charge in [0.2, 0.25) is 0 Å². The maximum atomic E-state index is 13.6. The summed E-state index contributed by atoms with van der Waals surface area (Å²) in [4.78, 5) is 11.9. The molecule has 0 saturated heterocycles. The zero-order valence-electron chi connectivity index (χ0n) is 11.9. The molecule has 0 N–H and O–H groups in total. The van der Waals surface area contributed by atoms with Crippen molar-refractivity contribution in [2.45, 2.75) is 0 Å². The molecular formula is C18H13FO3. The molecule has 0 spiro atoms. The van der Waals surface area contributed by atoms with Crippen LogP contribution in [0.25, 0.3) is 11.8 Å². The summed E-state index contributed by atoms with van der Waals surface area (Å²) < 4.78 is 24.0. The molecule has 0 amide bonds. The standard InChI is InChI=1S/C18H13FO3/c1-21-15-8-6-12(7-9-15)17-11-14(18(20)22-17)10-13-4-2-3-5-16(13)19/h2-11H,1H3/b14-10-. The fourth-order valence-electron chi connectivity index (χ4n) is 2.15. The van der Waals surface area contributed by atoms with Gasteiger partial charge in [-0.05, 0) is 42.5 Å². The number of cyclic esters (lactones) is 1. The van der Waals surface area contributed by atoms with Gasteiger partial charge in [-0.1, -0.05) is 18.2 Å². The molecular weight excluding hydrogens is 283 g/mol. The van der Waals surface area contributed by atoms with E-state index in [9.17, 15) is 9.18 Å². The van der Waals surface area contributed by atoms with Gasteiger partial charge in [0.25, 0.3) is 0 Å². The Kier molecular flexibility index (Phi) is 3.74. The van der Waals surface area contributed by atoms with Crippen LogP contribution in [0.3, 0.4) is 0 Å². The second kappa shape index (κ2) is 5.85. The molecule has 0 aliphatic carbocycles. The molecule has 3 rings (SSSR count). The fourth-order valence-corrected chi connectivity index (χ4v) is 2.15. The van der Waals surface area contributed by atoms with Crippen molar-refractivity contribution in [2.75, 3.05) is 7.11 Å².